The Bertz CT molecular complexity index is 1860. The Balaban J connectivity index is 1.77. The minimum atomic E-state index is -4.50. The van der Waals surface area contributed by atoms with Crippen LogP contribution in [0, 0.1) is 11.3 Å². The van der Waals surface area contributed by atoms with Crippen molar-refractivity contribution in [1.29, 1.82) is 5.26 Å². The van der Waals surface area contributed by atoms with Crippen LogP contribution in [0.2, 0.25) is 0 Å². The number of likely N-dealkylation sites (tertiary alicyclic amines) is 1. The van der Waals surface area contributed by atoms with Crippen LogP contribution >= 0.6 is 0 Å². The molecule has 3 aromatic rings. The summed E-state index contributed by atoms with van der Waals surface area (Å²) in [6.07, 6.45) is 1.98. The minimum Gasteiger partial charge on any atom is -0.497 e. The molecule has 2 aliphatic rings. The summed E-state index contributed by atoms with van der Waals surface area (Å²) in [5.74, 6) is -0.179. The molecule has 0 bridgehead atoms. The number of likely N-dealkylation sites (N-methyl/N-ethyl adjacent to an activating group) is 1. The van der Waals surface area contributed by atoms with Crippen LogP contribution in [0.1, 0.15) is 41.5 Å². The van der Waals surface area contributed by atoms with Crippen LogP contribution in [0.3, 0.4) is 0 Å². The fraction of sp³-hybridized carbons (Fsp3) is 0.417. The number of nitriles is 1. The van der Waals surface area contributed by atoms with Crippen molar-refractivity contribution in [2.75, 3.05) is 66.3 Å². The summed E-state index contributed by atoms with van der Waals surface area (Å²) in [4.78, 5) is 34.6. The van der Waals surface area contributed by atoms with E-state index < -0.39 is 27.5 Å². The van der Waals surface area contributed by atoms with Crippen LogP contribution in [-0.4, -0.2) is 103 Å². The highest BCUT2D eigenvalue weighted by molar-refractivity contribution is 7.93. The van der Waals surface area contributed by atoms with E-state index in [1.54, 1.807) is 26.2 Å². The average Bonchev–Trinajstić information content (AvgIpc) is 3.68. The number of ether oxygens (including phenoxy) is 2. The van der Waals surface area contributed by atoms with Crippen molar-refractivity contribution >= 4 is 27.5 Å². The first-order valence-electron chi connectivity index (χ1n) is 16.2. The van der Waals surface area contributed by atoms with Crippen molar-refractivity contribution in [2.45, 2.75) is 42.3 Å². The predicted octanol–water partition coefficient (Wildman–Crippen LogP) is 3.15. The highest BCUT2D eigenvalue weighted by atomic mass is 32.2. The van der Waals surface area contributed by atoms with Gasteiger partial charge in [-0.1, -0.05) is 6.07 Å². The molecule has 0 saturated carbocycles. The number of anilines is 1. The van der Waals surface area contributed by atoms with E-state index in [4.69, 9.17) is 9.47 Å². The number of nitrogens with one attached hydrogen (secondary N) is 1. The summed E-state index contributed by atoms with van der Waals surface area (Å²) >= 11 is 0. The molecule has 2 amide bonds. The Morgan fingerprint density at radius 2 is 1.76 bits per heavy atom. The normalized spacial score (nSPS) is 19.2. The third-order valence-electron chi connectivity index (χ3n) is 9.18. The second kappa shape index (κ2) is 14.6. The van der Waals surface area contributed by atoms with Gasteiger partial charge in [0, 0.05) is 38.3 Å². The molecule has 0 aromatic heterocycles. The first kappa shape index (κ1) is 35.8. The van der Waals surface area contributed by atoms with E-state index in [2.05, 4.69) is 16.3 Å². The number of rotatable bonds is 13. The van der Waals surface area contributed by atoms with E-state index in [1.807, 2.05) is 31.1 Å². The van der Waals surface area contributed by atoms with Gasteiger partial charge in [-0.3, -0.25) is 14.5 Å². The van der Waals surface area contributed by atoms with Crippen molar-refractivity contribution in [1.82, 2.24) is 20.0 Å². The largest absolute Gasteiger partial charge is 0.497 e. The first-order valence-corrected chi connectivity index (χ1v) is 17.6. The number of methoxy groups -OCH3 is 2. The van der Waals surface area contributed by atoms with Gasteiger partial charge in [0.05, 0.1) is 42.5 Å². The molecule has 1 fully saturated rings. The van der Waals surface area contributed by atoms with Crippen LogP contribution in [-0.2, 0) is 31.7 Å². The summed E-state index contributed by atoms with van der Waals surface area (Å²) in [7, 11) is 5.84. The quantitative estimate of drug-likeness (QED) is 0.267. The zero-order chi connectivity index (χ0) is 35.5. The van der Waals surface area contributed by atoms with Crippen molar-refractivity contribution in [3.63, 3.8) is 0 Å². The molecule has 0 aliphatic carbocycles. The zero-order valence-corrected chi connectivity index (χ0v) is 29.7. The number of sulfonamides is 1. The van der Waals surface area contributed by atoms with Crippen LogP contribution in [0.15, 0.2) is 65.6 Å². The fourth-order valence-electron chi connectivity index (χ4n) is 6.85. The van der Waals surface area contributed by atoms with Gasteiger partial charge in [0.25, 0.3) is 15.9 Å². The van der Waals surface area contributed by atoms with Crippen molar-refractivity contribution in [2.24, 2.45) is 0 Å². The Morgan fingerprint density at radius 3 is 2.39 bits per heavy atom. The molecular formula is C36H44N6O6S. The summed E-state index contributed by atoms with van der Waals surface area (Å²) in [6.45, 7) is 2.48. The molecule has 2 aliphatic heterocycles. The van der Waals surface area contributed by atoms with Crippen LogP contribution in [0.5, 0.6) is 11.5 Å². The lowest BCUT2D eigenvalue weighted by Gasteiger charge is -2.42. The topological polar surface area (TPSA) is 136 Å². The zero-order valence-electron chi connectivity index (χ0n) is 28.9. The van der Waals surface area contributed by atoms with E-state index in [1.165, 1.54) is 55.5 Å². The number of carbonyl (C=O) groups excluding carboxylic acids is 2. The van der Waals surface area contributed by atoms with Gasteiger partial charge in [0.1, 0.15) is 11.5 Å². The number of amides is 2. The second-order valence-electron chi connectivity index (χ2n) is 12.8. The molecule has 260 valence electrons. The van der Waals surface area contributed by atoms with Gasteiger partial charge in [-0.15, -0.1) is 0 Å². The van der Waals surface area contributed by atoms with Crippen LogP contribution in [0.4, 0.5) is 5.69 Å². The average molecular weight is 689 g/mol. The molecule has 1 N–H and O–H groups in total. The third-order valence-corrected chi connectivity index (χ3v) is 10.9. The van der Waals surface area contributed by atoms with Crippen molar-refractivity contribution in [3.8, 4) is 17.6 Å². The standard InChI is InChI=1S/C36H44N6O6S/c1-39(2)19-8-18-38-24-26-11-17-33(48-6)30(22-26)36(41-20-7-9-32(41)34(43)40(3)4)29-21-25(23-37)10-16-31(29)42(35(36)44)49(45,46)28-14-12-27(47-5)13-15-28/h10-17,21-22,32,38H,7-9,18-20,24H2,1-6H3/t32?,36-/m0/s1. The molecule has 12 nitrogen and oxygen atoms in total. The Hall–Kier alpha value is -4.48. The van der Waals surface area contributed by atoms with Gasteiger partial charge in [0.2, 0.25) is 5.91 Å². The molecule has 0 spiro atoms. The first-order chi connectivity index (χ1) is 23.4. The number of hydrogen-bond donors (Lipinski definition) is 1. The van der Waals surface area contributed by atoms with Gasteiger partial charge in [-0.25, -0.2) is 12.7 Å². The molecule has 1 unspecified atom stereocenters. The molecule has 3 aromatic carbocycles. The lowest BCUT2D eigenvalue weighted by Crippen LogP contribution is -2.59. The number of carbonyl (C=O) groups is 2. The predicted molar refractivity (Wildman–Crippen MR) is 186 cm³/mol. The van der Waals surface area contributed by atoms with Gasteiger partial charge >= 0.3 is 0 Å². The Morgan fingerprint density at radius 1 is 1.02 bits per heavy atom. The summed E-state index contributed by atoms with van der Waals surface area (Å²) < 4.78 is 41.1. The van der Waals surface area contributed by atoms with Gasteiger partial charge < -0.3 is 24.6 Å². The summed E-state index contributed by atoms with van der Waals surface area (Å²) in [5, 5.41) is 13.5. The molecular weight excluding hydrogens is 644 g/mol. The highest BCUT2D eigenvalue weighted by Crippen LogP contribution is 2.54. The second-order valence-corrected chi connectivity index (χ2v) is 14.5. The molecule has 2 heterocycles. The van der Waals surface area contributed by atoms with Crippen LogP contribution in [0.25, 0.3) is 0 Å². The van der Waals surface area contributed by atoms with E-state index in [0.29, 0.717) is 48.6 Å². The van der Waals surface area contributed by atoms with E-state index in [-0.39, 0.29) is 22.1 Å². The fourth-order valence-corrected chi connectivity index (χ4v) is 8.31. The molecule has 13 heteroatoms. The molecule has 1 saturated heterocycles. The van der Waals surface area contributed by atoms with Crippen molar-refractivity contribution in [3.05, 3.63) is 82.9 Å². The van der Waals surface area contributed by atoms with Gasteiger partial charge in [0.15, 0.2) is 5.54 Å². The highest BCUT2D eigenvalue weighted by Gasteiger charge is 2.63. The summed E-state index contributed by atoms with van der Waals surface area (Å²) in [5.41, 5.74) is 0.0539. The monoisotopic (exact) mass is 688 g/mol. The maximum Gasteiger partial charge on any atom is 0.271 e. The van der Waals surface area contributed by atoms with E-state index in [9.17, 15) is 18.5 Å². The van der Waals surface area contributed by atoms with Gasteiger partial charge in [-0.2, -0.15) is 5.26 Å². The van der Waals surface area contributed by atoms with Crippen LogP contribution < -0.4 is 19.1 Å². The minimum absolute atomic E-state index is 0.108. The Kier molecular flexibility index (Phi) is 10.6. The lowest BCUT2D eigenvalue weighted by atomic mass is 9.79. The Labute approximate surface area is 288 Å². The number of nitrogens with zero attached hydrogens (tertiary/aromatic N) is 5. The maximum atomic E-state index is 15.5. The SMILES string of the molecule is COc1ccc(S(=O)(=O)N2C(=O)[C@](c3cc(CNCCCN(C)C)ccc3OC)(N3CCCC3C(=O)N(C)C)c3cc(C#N)ccc32)cc1. The summed E-state index contributed by atoms with van der Waals surface area (Å²) in [6, 6.07) is 17.3. The lowest BCUT2D eigenvalue weighted by molar-refractivity contribution is -0.138. The third kappa shape index (κ3) is 6.49. The van der Waals surface area contributed by atoms with E-state index in [0.717, 1.165) is 29.4 Å². The smallest absolute Gasteiger partial charge is 0.271 e. The molecule has 49 heavy (non-hydrogen) atoms. The number of fused-ring (bicyclic) bond motifs is 1. The number of hydrogen-bond acceptors (Lipinski definition) is 10. The van der Waals surface area contributed by atoms with Gasteiger partial charge in [-0.05, 0) is 107 Å². The molecule has 5 rings (SSSR count). The molecule has 2 atom stereocenters. The maximum absolute atomic E-state index is 15.5. The molecule has 0 radical (unpaired) electrons. The number of benzene rings is 3. The van der Waals surface area contributed by atoms with E-state index >= 15 is 4.79 Å². The van der Waals surface area contributed by atoms with Crippen molar-refractivity contribution < 1.29 is 27.5 Å².